The molecule has 1 aromatic heterocycles. The lowest BCUT2D eigenvalue weighted by Gasteiger charge is -2.04. The van der Waals surface area contributed by atoms with Crippen LogP contribution in [-0.4, -0.2) is 20.7 Å². The number of phenols is 1. The normalized spacial score (nSPS) is 10.8. The molecule has 3 aromatic rings. The van der Waals surface area contributed by atoms with Gasteiger partial charge in [0.1, 0.15) is 23.1 Å². The van der Waals surface area contributed by atoms with Crippen molar-refractivity contribution in [1.29, 1.82) is 0 Å². The average Bonchev–Trinajstić information content (AvgIpc) is 3.02. The molecule has 3 rings (SSSR count). The van der Waals surface area contributed by atoms with E-state index >= 15 is 0 Å². The Balaban J connectivity index is 1.76. The predicted molar refractivity (Wildman–Crippen MR) is 83.8 cm³/mol. The highest BCUT2D eigenvalue weighted by atomic mass is 19.1. The van der Waals surface area contributed by atoms with E-state index in [9.17, 15) is 18.7 Å². The third kappa shape index (κ3) is 3.32. The SMILES string of the molecule is O=C(Cc1c(F)cccc1F)c1ccn(Cc2ccccc2O)n1. The number of aromatic hydroxyl groups is 1. The van der Waals surface area contributed by atoms with E-state index in [-0.39, 0.29) is 23.6 Å². The molecule has 0 saturated carbocycles. The Labute approximate surface area is 137 Å². The van der Waals surface area contributed by atoms with Crippen LogP contribution in [0.15, 0.2) is 54.7 Å². The Hall–Kier alpha value is -3.02. The van der Waals surface area contributed by atoms with E-state index in [1.165, 1.54) is 16.8 Å². The van der Waals surface area contributed by atoms with Crippen molar-refractivity contribution in [2.75, 3.05) is 0 Å². The van der Waals surface area contributed by atoms with Gasteiger partial charge in [-0.1, -0.05) is 24.3 Å². The summed E-state index contributed by atoms with van der Waals surface area (Å²) in [6.07, 6.45) is 1.18. The van der Waals surface area contributed by atoms with E-state index < -0.39 is 23.8 Å². The molecule has 1 heterocycles. The van der Waals surface area contributed by atoms with Crippen molar-refractivity contribution in [3.05, 3.63) is 83.2 Å². The lowest BCUT2D eigenvalue weighted by atomic mass is 10.1. The van der Waals surface area contributed by atoms with Crippen molar-refractivity contribution in [1.82, 2.24) is 9.78 Å². The number of aromatic nitrogens is 2. The number of carbonyl (C=O) groups is 1. The molecule has 0 aliphatic rings. The third-order valence-corrected chi connectivity index (χ3v) is 3.65. The first-order valence-corrected chi connectivity index (χ1v) is 7.31. The van der Waals surface area contributed by atoms with Crippen molar-refractivity contribution in [2.45, 2.75) is 13.0 Å². The van der Waals surface area contributed by atoms with Crippen molar-refractivity contribution >= 4 is 5.78 Å². The fraction of sp³-hybridized carbons (Fsp3) is 0.111. The smallest absolute Gasteiger partial charge is 0.187 e. The van der Waals surface area contributed by atoms with Gasteiger partial charge in [0.2, 0.25) is 0 Å². The van der Waals surface area contributed by atoms with Gasteiger partial charge in [-0.2, -0.15) is 5.10 Å². The van der Waals surface area contributed by atoms with Crippen molar-refractivity contribution < 1.29 is 18.7 Å². The van der Waals surface area contributed by atoms with Gasteiger partial charge in [0.15, 0.2) is 5.78 Å². The van der Waals surface area contributed by atoms with E-state index in [1.54, 1.807) is 30.5 Å². The van der Waals surface area contributed by atoms with E-state index in [2.05, 4.69) is 5.10 Å². The number of hydrogen-bond acceptors (Lipinski definition) is 3. The monoisotopic (exact) mass is 328 g/mol. The number of nitrogens with zero attached hydrogens (tertiary/aromatic N) is 2. The lowest BCUT2D eigenvalue weighted by Crippen LogP contribution is -2.09. The molecule has 0 aliphatic heterocycles. The van der Waals surface area contributed by atoms with Crippen LogP contribution in [0, 0.1) is 11.6 Å². The molecule has 0 atom stereocenters. The highest BCUT2D eigenvalue weighted by Crippen LogP contribution is 2.18. The van der Waals surface area contributed by atoms with Gasteiger partial charge in [-0.15, -0.1) is 0 Å². The Morgan fingerprint density at radius 1 is 1.04 bits per heavy atom. The van der Waals surface area contributed by atoms with Crippen LogP contribution in [0.4, 0.5) is 8.78 Å². The summed E-state index contributed by atoms with van der Waals surface area (Å²) in [5.41, 5.74) is 0.505. The summed E-state index contributed by atoms with van der Waals surface area (Å²) in [5.74, 6) is -1.85. The molecule has 1 N–H and O–H groups in total. The Kier molecular flexibility index (Phi) is 4.37. The largest absolute Gasteiger partial charge is 0.508 e. The zero-order valence-corrected chi connectivity index (χ0v) is 12.6. The first kappa shape index (κ1) is 15.9. The van der Waals surface area contributed by atoms with Crippen LogP contribution < -0.4 is 0 Å². The molecule has 0 bridgehead atoms. The number of halogens is 2. The van der Waals surface area contributed by atoms with Crippen molar-refractivity contribution in [2.24, 2.45) is 0 Å². The number of hydrogen-bond donors (Lipinski definition) is 1. The first-order valence-electron chi connectivity index (χ1n) is 7.31. The van der Waals surface area contributed by atoms with Gasteiger partial charge < -0.3 is 5.11 Å². The second-order valence-corrected chi connectivity index (χ2v) is 5.33. The second kappa shape index (κ2) is 6.62. The van der Waals surface area contributed by atoms with Crippen molar-refractivity contribution in [3.8, 4) is 5.75 Å². The van der Waals surface area contributed by atoms with E-state index in [4.69, 9.17) is 0 Å². The first-order chi connectivity index (χ1) is 11.5. The Morgan fingerprint density at radius 2 is 1.75 bits per heavy atom. The molecule has 24 heavy (non-hydrogen) atoms. The van der Waals surface area contributed by atoms with Gasteiger partial charge >= 0.3 is 0 Å². The summed E-state index contributed by atoms with van der Waals surface area (Å²) in [5, 5.41) is 13.9. The van der Waals surface area contributed by atoms with Gasteiger partial charge in [0, 0.05) is 23.7 Å². The fourth-order valence-corrected chi connectivity index (χ4v) is 2.37. The van der Waals surface area contributed by atoms with Gasteiger partial charge in [-0.05, 0) is 24.3 Å². The topological polar surface area (TPSA) is 55.1 Å². The molecule has 4 nitrogen and oxygen atoms in total. The maximum absolute atomic E-state index is 13.6. The van der Waals surface area contributed by atoms with Gasteiger partial charge in [-0.3, -0.25) is 9.48 Å². The molecule has 0 saturated heterocycles. The van der Waals surface area contributed by atoms with Gasteiger partial charge in [0.25, 0.3) is 0 Å². The molecule has 0 radical (unpaired) electrons. The minimum absolute atomic E-state index is 0.119. The number of ketones is 1. The average molecular weight is 328 g/mol. The van der Waals surface area contributed by atoms with E-state index in [1.807, 2.05) is 0 Å². The molecule has 0 spiro atoms. The zero-order chi connectivity index (χ0) is 17.1. The predicted octanol–water partition coefficient (Wildman–Crippen LogP) is 3.34. The Bertz CT molecular complexity index is 870. The van der Waals surface area contributed by atoms with Crippen LogP contribution in [0.3, 0.4) is 0 Å². The number of carbonyl (C=O) groups excluding carboxylic acids is 1. The molecule has 6 heteroatoms. The van der Waals surface area contributed by atoms with Crippen molar-refractivity contribution in [3.63, 3.8) is 0 Å². The second-order valence-electron chi connectivity index (χ2n) is 5.33. The number of benzene rings is 2. The Morgan fingerprint density at radius 3 is 2.46 bits per heavy atom. The molecule has 122 valence electrons. The minimum Gasteiger partial charge on any atom is -0.508 e. The summed E-state index contributed by atoms with van der Waals surface area (Å²) in [6.45, 7) is 0.286. The number of phenolic OH excluding ortho intramolecular Hbond substituents is 1. The maximum Gasteiger partial charge on any atom is 0.187 e. The van der Waals surface area contributed by atoms with E-state index in [0.717, 1.165) is 12.1 Å². The molecule has 0 aliphatic carbocycles. The van der Waals surface area contributed by atoms with Crippen LogP contribution in [0.25, 0.3) is 0 Å². The number of para-hydroxylation sites is 1. The molecule has 0 fully saturated rings. The quantitative estimate of drug-likeness (QED) is 0.731. The van der Waals surface area contributed by atoms with Gasteiger partial charge in [-0.25, -0.2) is 8.78 Å². The molecular formula is C18H14F2N2O2. The minimum atomic E-state index is -0.753. The molecule has 2 aromatic carbocycles. The van der Waals surface area contributed by atoms with E-state index in [0.29, 0.717) is 5.56 Å². The standard InChI is InChI=1S/C18H14F2N2O2/c19-14-5-3-6-15(20)13(14)10-18(24)16-8-9-22(21-16)11-12-4-1-2-7-17(12)23/h1-9,23H,10-11H2. The number of rotatable bonds is 5. The lowest BCUT2D eigenvalue weighted by molar-refractivity contribution is 0.0985. The molecular weight excluding hydrogens is 314 g/mol. The van der Waals surface area contributed by atoms with Crippen LogP contribution in [-0.2, 0) is 13.0 Å². The summed E-state index contributed by atoms with van der Waals surface area (Å²) in [6, 6.07) is 11.8. The molecule has 0 amide bonds. The summed E-state index contributed by atoms with van der Waals surface area (Å²) in [7, 11) is 0. The number of Topliss-reactive ketones (excluding diaryl/α,β-unsaturated/α-hetero) is 1. The summed E-state index contributed by atoms with van der Waals surface area (Å²) < 4.78 is 28.7. The summed E-state index contributed by atoms with van der Waals surface area (Å²) in [4.78, 5) is 12.2. The maximum atomic E-state index is 13.6. The fourth-order valence-electron chi connectivity index (χ4n) is 2.37. The molecule has 0 unspecified atom stereocenters. The highest BCUT2D eigenvalue weighted by Gasteiger charge is 2.16. The van der Waals surface area contributed by atoms with Crippen LogP contribution in [0.1, 0.15) is 21.6 Å². The van der Waals surface area contributed by atoms with Crippen LogP contribution >= 0.6 is 0 Å². The van der Waals surface area contributed by atoms with Crippen LogP contribution in [0.5, 0.6) is 5.75 Å². The third-order valence-electron chi connectivity index (χ3n) is 3.65. The summed E-state index contributed by atoms with van der Waals surface area (Å²) >= 11 is 0. The zero-order valence-electron chi connectivity index (χ0n) is 12.6. The highest BCUT2D eigenvalue weighted by molar-refractivity contribution is 5.95. The van der Waals surface area contributed by atoms with Gasteiger partial charge in [0.05, 0.1) is 6.54 Å². The van der Waals surface area contributed by atoms with Crippen LogP contribution in [0.2, 0.25) is 0 Å².